The van der Waals surface area contributed by atoms with Crippen molar-refractivity contribution in [1.82, 2.24) is 5.32 Å². The summed E-state index contributed by atoms with van der Waals surface area (Å²) < 4.78 is 12.8. The lowest BCUT2D eigenvalue weighted by Gasteiger charge is -2.26. The minimum absolute atomic E-state index is 0.0504. The Hall–Kier alpha value is -4.03. The number of carbonyl (C=O) groups excluding carboxylic acids is 3. The molecule has 37 heavy (non-hydrogen) atoms. The fraction of sp³-hybridized carbons (Fsp3) is 0.0800. The zero-order valence-corrected chi connectivity index (χ0v) is 22.2. The van der Waals surface area contributed by atoms with E-state index in [1.807, 2.05) is 24.3 Å². The van der Waals surface area contributed by atoms with Crippen LogP contribution in [0.4, 0.5) is 16.2 Å². The molecule has 0 bridgehead atoms. The van der Waals surface area contributed by atoms with E-state index in [1.165, 1.54) is 31.4 Å². The van der Waals surface area contributed by atoms with Crippen LogP contribution in [-0.4, -0.2) is 29.9 Å². The van der Waals surface area contributed by atoms with Crippen LogP contribution in [0.15, 0.2) is 75.2 Å². The number of rotatable bonds is 7. The Bertz CT molecular complexity index is 1460. The molecule has 1 N–H and O–H groups in total. The van der Waals surface area contributed by atoms with Gasteiger partial charge in [-0.25, -0.2) is 9.69 Å². The van der Waals surface area contributed by atoms with Gasteiger partial charge in [-0.3, -0.25) is 25.0 Å². The molecule has 0 saturated carbocycles. The van der Waals surface area contributed by atoms with Gasteiger partial charge in [0.1, 0.15) is 12.2 Å². The highest BCUT2D eigenvalue weighted by molar-refractivity contribution is 9.10. The number of imide groups is 2. The van der Waals surface area contributed by atoms with E-state index < -0.39 is 22.8 Å². The fourth-order valence-electron chi connectivity index (χ4n) is 3.50. The number of benzene rings is 3. The Morgan fingerprint density at radius 3 is 2.46 bits per heavy atom. The monoisotopic (exact) mass is 629 g/mol. The summed E-state index contributed by atoms with van der Waals surface area (Å²) in [6.07, 6.45) is 1.29. The quantitative estimate of drug-likeness (QED) is 0.161. The summed E-state index contributed by atoms with van der Waals surface area (Å²) in [5.41, 5.74) is 0.632. The van der Waals surface area contributed by atoms with E-state index in [2.05, 4.69) is 37.2 Å². The van der Waals surface area contributed by atoms with Gasteiger partial charge < -0.3 is 9.47 Å². The van der Waals surface area contributed by atoms with Crippen molar-refractivity contribution in [3.05, 3.63) is 96.4 Å². The molecule has 0 spiro atoms. The van der Waals surface area contributed by atoms with Crippen LogP contribution in [0.5, 0.6) is 11.5 Å². The number of ether oxygens (including phenoxy) is 2. The van der Waals surface area contributed by atoms with E-state index in [4.69, 9.17) is 9.47 Å². The van der Waals surface area contributed by atoms with Crippen molar-refractivity contribution in [2.24, 2.45) is 0 Å². The summed E-state index contributed by atoms with van der Waals surface area (Å²) in [6.45, 7) is 0.268. The Morgan fingerprint density at radius 2 is 1.78 bits per heavy atom. The average Bonchev–Trinajstić information content (AvgIpc) is 2.86. The molecule has 1 heterocycles. The maximum atomic E-state index is 13.2. The molecule has 188 valence electrons. The summed E-state index contributed by atoms with van der Waals surface area (Å²) in [5, 5.41) is 13.2. The zero-order chi connectivity index (χ0) is 26.7. The van der Waals surface area contributed by atoms with Crippen LogP contribution in [-0.2, 0) is 16.2 Å². The van der Waals surface area contributed by atoms with Gasteiger partial charge >= 0.3 is 6.03 Å². The highest BCUT2D eigenvalue weighted by atomic mass is 79.9. The Kier molecular flexibility index (Phi) is 7.69. The first kappa shape index (κ1) is 26.0. The van der Waals surface area contributed by atoms with E-state index in [0.717, 1.165) is 16.1 Å². The molecule has 3 aromatic carbocycles. The molecule has 0 radical (unpaired) electrons. The standard InChI is InChI=1S/C25H17Br2N3O7/c1-36-21-11-15(10-20(27)22(21)37-13-14-5-7-16(26)8-6-14)9-19-23(31)28-25(33)29(24(19)32)17-3-2-4-18(12-17)30(34)35/h2-12H,13H2,1H3,(H,28,31,33)/b19-9+. The number of nitrogens with zero attached hydrogens (tertiary/aromatic N) is 2. The van der Waals surface area contributed by atoms with Crippen molar-refractivity contribution in [1.29, 1.82) is 0 Å². The zero-order valence-electron chi connectivity index (χ0n) is 19.1. The van der Waals surface area contributed by atoms with Crippen molar-refractivity contribution in [3.8, 4) is 11.5 Å². The molecule has 0 unspecified atom stereocenters. The largest absolute Gasteiger partial charge is 0.493 e. The molecule has 1 fully saturated rings. The first-order valence-corrected chi connectivity index (χ1v) is 12.2. The Balaban J connectivity index is 1.64. The molecular formula is C25H17Br2N3O7. The summed E-state index contributed by atoms with van der Waals surface area (Å²) >= 11 is 6.83. The topological polar surface area (TPSA) is 128 Å². The lowest BCUT2D eigenvalue weighted by molar-refractivity contribution is -0.384. The lowest BCUT2D eigenvalue weighted by atomic mass is 10.1. The number of hydrogen-bond acceptors (Lipinski definition) is 7. The molecule has 4 amide bonds. The number of barbiturate groups is 1. The van der Waals surface area contributed by atoms with Crippen molar-refractivity contribution >= 4 is 67.2 Å². The number of carbonyl (C=O) groups is 3. The van der Waals surface area contributed by atoms with Gasteiger partial charge in [-0.2, -0.15) is 0 Å². The maximum Gasteiger partial charge on any atom is 0.335 e. The van der Waals surface area contributed by atoms with Crippen LogP contribution in [0.2, 0.25) is 0 Å². The lowest BCUT2D eigenvalue weighted by Crippen LogP contribution is -2.54. The molecular weight excluding hydrogens is 614 g/mol. The molecule has 0 aromatic heterocycles. The van der Waals surface area contributed by atoms with Crippen LogP contribution in [0, 0.1) is 10.1 Å². The van der Waals surface area contributed by atoms with Gasteiger partial charge in [0.15, 0.2) is 11.5 Å². The summed E-state index contributed by atoms with van der Waals surface area (Å²) in [4.78, 5) is 49.3. The van der Waals surface area contributed by atoms with Gasteiger partial charge in [0.2, 0.25) is 0 Å². The van der Waals surface area contributed by atoms with Gasteiger partial charge in [-0.05, 0) is 63.5 Å². The minimum atomic E-state index is -1.01. The van der Waals surface area contributed by atoms with E-state index in [0.29, 0.717) is 26.4 Å². The van der Waals surface area contributed by atoms with Crippen molar-refractivity contribution < 1.29 is 28.8 Å². The first-order chi connectivity index (χ1) is 17.7. The summed E-state index contributed by atoms with van der Waals surface area (Å²) in [7, 11) is 1.45. The van der Waals surface area contributed by atoms with Crippen LogP contribution >= 0.6 is 31.9 Å². The average molecular weight is 631 g/mol. The predicted molar refractivity (Wildman–Crippen MR) is 141 cm³/mol. The number of nitrogens with one attached hydrogen (secondary N) is 1. The van der Waals surface area contributed by atoms with Gasteiger partial charge in [0, 0.05) is 16.6 Å². The summed E-state index contributed by atoms with van der Waals surface area (Å²) in [6, 6.07) is 14.8. The van der Waals surface area contributed by atoms with Gasteiger partial charge in [0.05, 0.1) is 22.2 Å². The molecule has 12 heteroatoms. The molecule has 4 rings (SSSR count). The third kappa shape index (κ3) is 5.70. The Morgan fingerprint density at radius 1 is 1.05 bits per heavy atom. The third-order valence-corrected chi connectivity index (χ3v) is 6.38. The van der Waals surface area contributed by atoms with Crippen molar-refractivity contribution in [2.75, 3.05) is 12.0 Å². The highest BCUT2D eigenvalue weighted by Gasteiger charge is 2.37. The molecule has 0 atom stereocenters. The van der Waals surface area contributed by atoms with E-state index in [1.54, 1.807) is 12.1 Å². The number of urea groups is 1. The van der Waals surface area contributed by atoms with Gasteiger partial charge in [-0.15, -0.1) is 0 Å². The third-order valence-electron chi connectivity index (χ3n) is 5.26. The second-order valence-corrected chi connectivity index (χ2v) is 9.45. The minimum Gasteiger partial charge on any atom is -0.493 e. The number of nitro benzene ring substituents is 1. The normalized spacial score (nSPS) is 14.5. The second kappa shape index (κ2) is 10.9. The molecule has 3 aromatic rings. The molecule has 1 saturated heterocycles. The van der Waals surface area contributed by atoms with E-state index in [-0.39, 0.29) is 23.6 Å². The maximum absolute atomic E-state index is 13.2. The number of amides is 4. The van der Waals surface area contributed by atoms with Crippen LogP contribution in [0.3, 0.4) is 0 Å². The SMILES string of the molecule is COc1cc(/C=C2\C(=O)NC(=O)N(c3cccc([N+](=O)[O-])c3)C2=O)cc(Br)c1OCc1ccc(Br)cc1. The van der Waals surface area contributed by atoms with E-state index in [9.17, 15) is 24.5 Å². The van der Waals surface area contributed by atoms with Crippen molar-refractivity contribution in [2.45, 2.75) is 6.61 Å². The first-order valence-electron chi connectivity index (χ1n) is 10.6. The Labute approximate surface area is 227 Å². The number of methoxy groups -OCH3 is 1. The predicted octanol–water partition coefficient (Wildman–Crippen LogP) is 5.37. The second-order valence-electron chi connectivity index (χ2n) is 7.68. The fourth-order valence-corrected chi connectivity index (χ4v) is 4.34. The smallest absolute Gasteiger partial charge is 0.335 e. The van der Waals surface area contributed by atoms with Gasteiger partial charge in [0.25, 0.3) is 17.5 Å². The molecule has 1 aliphatic rings. The number of non-ortho nitro benzene ring substituents is 1. The van der Waals surface area contributed by atoms with Crippen molar-refractivity contribution in [3.63, 3.8) is 0 Å². The highest BCUT2D eigenvalue weighted by Crippen LogP contribution is 2.38. The number of anilines is 1. The molecule has 0 aliphatic carbocycles. The number of halogens is 2. The molecule has 10 nitrogen and oxygen atoms in total. The van der Waals surface area contributed by atoms with E-state index >= 15 is 0 Å². The van der Waals surface area contributed by atoms with Crippen LogP contribution < -0.4 is 19.7 Å². The molecule has 1 aliphatic heterocycles. The van der Waals surface area contributed by atoms with Crippen LogP contribution in [0.1, 0.15) is 11.1 Å². The number of nitro groups is 1. The summed E-state index contributed by atoms with van der Waals surface area (Å²) in [5.74, 6) is -1.07. The number of hydrogen-bond donors (Lipinski definition) is 1. The van der Waals surface area contributed by atoms with Gasteiger partial charge in [-0.1, -0.05) is 34.1 Å². The van der Waals surface area contributed by atoms with Crippen LogP contribution in [0.25, 0.3) is 6.08 Å².